The van der Waals surface area contributed by atoms with Crippen molar-refractivity contribution >= 4 is 11.7 Å². The van der Waals surface area contributed by atoms with Crippen LogP contribution in [0.1, 0.15) is 12.8 Å². The molecule has 2 amide bonds. The third kappa shape index (κ3) is 1.95. The van der Waals surface area contributed by atoms with Gasteiger partial charge in [-0.25, -0.2) is 9.18 Å². The maximum atomic E-state index is 13.8. The molecule has 0 bridgehead atoms. The normalized spacial score (nSPS) is 21.6. The molecular weight excluding hydrogens is 233 g/mol. The number of para-hydroxylation sites is 1. The average molecular weight is 249 g/mol. The molecule has 1 saturated heterocycles. The summed E-state index contributed by atoms with van der Waals surface area (Å²) in [6.45, 7) is 1.07. The average Bonchev–Trinajstić information content (AvgIpc) is 3.17. The Balaban J connectivity index is 1.90. The van der Waals surface area contributed by atoms with Gasteiger partial charge in [0, 0.05) is 6.04 Å². The zero-order valence-electron chi connectivity index (χ0n) is 10.3. The standard InChI is InChI=1S/C13H16FN3O/c1-15-8-16(10-6-7-10)13(18)17(9-15)12-5-3-2-4-11(12)14/h2-5,10H,6-9H2,1H3. The maximum Gasteiger partial charge on any atom is 0.326 e. The van der Waals surface area contributed by atoms with Crippen molar-refractivity contribution in [1.82, 2.24) is 9.80 Å². The third-order valence-electron chi connectivity index (χ3n) is 3.38. The van der Waals surface area contributed by atoms with Crippen LogP contribution in [0.5, 0.6) is 0 Å². The molecule has 0 N–H and O–H groups in total. The highest BCUT2D eigenvalue weighted by atomic mass is 19.1. The summed E-state index contributed by atoms with van der Waals surface area (Å²) < 4.78 is 13.8. The minimum Gasteiger partial charge on any atom is -0.308 e. The zero-order chi connectivity index (χ0) is 12.7. The molecule has 1 aliphatic heterocycles. The molecule has 0 atom stereocenters. The van der Waals surface area contributed by atoms with E-state index in [2.05, 4.69) is 0 Å². The largest absolute Gasteiger partial charge is 0.326 e. The summed E-state index contributed by atoms with van der Waals surface area (Å²) in [4.78, 5) is 17.7. The first kappa shape index (κ1) is 11.5. The minimum absolute atomic E-state index is 0.0827. The van der Waals surface area contributed by atoms with Crippen molar-refractivity contribution in [1.29, 1.82) is 0 Å². The van der Waals surface area contributed by atoms with Gasteiger partial charge in [-0.2, -0.15) is 0 Å². The van der Waals surface area contributed by atoms with E-state index in [9.17, 15) is 9.18 Å². The summed E-state index contributed by atoms with van der Waals surface area (Å²) in [5.74, 6) is -0.350. The molecule has 0 unspecified atom stereocenters. The molecule has 0 aromatic heterocycles. The van der Waals surface area contributed by atoms with Crippen molar-refractivity contribution < 1.29 is 9.18 Å². The number of carbonyl (C=O) groups excluding carboxylic acids is 1. The van der Waals surface area contributed by atoms with E-state index in [1.165, 1.54) is 11.0 Å². The topological polar surface area (TPSA) is 26.8 Å². The number of hydrogen-bond acceptors (Lipinski definition) is 2. The lowest BCUT2D eigenvalue weighted by Gasteiger charge is -2.40. The maximum absolute atomic E-state index is 13.8. The second-order valence-corrected chi connectivity index (χ2v) is 5.00. The number of halogens is 1. The van der Waals surface area contributed by atoms with Crippen molar-refractivity contribution in [3.8, 4) is 0 Å². The van der Waals surface area contributed by atoms with Crippen LogP contribution in [0.3, 0.4) is 0 Å². The quantitative estimate of drug-likeness (QED) is 0.802. The van der Waals surface area contributed by atoms with Gasteiger partial charge in [-0.3, -0.25) is 9.80 Å². The first-order chi connectivity index (χ1) is 8.66. The lowest BCUT2D eigenvalue weighted by molar-refractivity contribution is 0.127. The predicted molar refractivity (Wildman–Crippen MR) is 66.6 cm³/mol. The number of rotatable bonds is 2. The van der Waals surface area contributed by atoms with E-state index in [4.69, 9.17) is 0 Å². The van der Waals surface area contributed by atoms with E-state index < -0.39 is 0 Å². The van der Waals surface area contributed by atoms with Crippen LogP contribution in [0.4, 0.5) is 14.9 Å². The van der Waals surface area contributed by atoms with Crippen molar-refractivity contribution in [2.45, 2.75) is 18.9 Å². The molecule has 96 valence electrons. The third-order valence-corrected chi connectivity index (χ3v) is 3.38. The number of hydrogen-bond donors (Lipinski definition) is 0. The molecule has 1 heterocycles. The molecule has 4 nitrogen and oxygen atoms in total. The second-order valence-electron chi connectivity index (χ2n) is 5.00. The van der Waals surface area contributed by atoms with Gasteiger partial charge in [-0.15, -0.1) is 0 Å². The SMILES string of the molecule is CN1CN(c2ccccc2F)C(=O)N(C2CC2)C1. The highest BCUT2D eigenvalue weighted by molar-refractivity contribution is 5.93. The van der Waals surface area contributed by atoms with Crippen LogP contribution in [0.2, 0.25) is 0 Å². The molecule has 1 aromatic carbocycles. The molecular formula is C13H16FN3O. The van der Waals surface area contributed by atoms with Crippen molar-refractivity contribution in [2.24, 2.45) is 0 Å². The molecule has 0 radical (unpaired) electrons. The molecule has 3 rings (SSSR count). The van der Waals surface area contributed by atoms with Gasteiger partial charge in [-0.05, 0) is 32.0 Å². The van der Waals surface area contributed by atoms with E-state index in [0.29, 0.717) is 25.1 Å². The number of anilines is 1. The van der Waals surface area contributed by atoms with E-state index in [0.717, 1.165) is 12.8 Å². The van der Waals surface area contributed by atoms with Crippen LogP contribution in [-0.2, 0) is 0 Å². The summed E-state index contributed by atoms with van der Waals surface area (Å²) in [5, 5.41) is 0. The van der Waals surface area contributed by atoms with Gasteiger partial charge < -0.3 is 4.90 Å². The number of urea groups is 1. The van der Waals surface area contributed by atoms with Crippen LogP contribution in [-0.4, -0.2) is 42.3 Å². The Morgan fingerprint density at radius 3 is 2.61 bits per heavy atom. The van der Waals surface area contributed by atoms with Crippen LogP contribution in [0, 0.1) is 5.82 Å². The lowest BCUT2D eigenvalue weighted by Crippen LogP contribution is -2.58. The summed E-state index contributed by atoms with van der Waals surface area (Å²) in [6.07, 6.45) is 2.12. The molecule has 1 aromatic rings. The van der Waals surface area contributed by atoms with Crippen molar-refractivity contribution in [2.75, 3.05) is 25.3 Å². The van der Waals surface area contributed by atoms with Crippen LogP contribution in [0.15, 0.2) is 24.3 Å². The smallest absolute Gasteiger partial charge is 0.308 e. The van der Waals surface area contributed by atoms with E-state index >= 15 is 0 Å². The molecule has 18 heavy (non-hydrogen) atoms. The van der Waals surface area contributed by atoms with E-state index in [-0.39, 0.29) is 11.8 Å². The molecule has 0 spiro atoms. The van der Waals surface area contributed by atoms with Gasteiger partial charge in [0.1, 0.15) is 5.82 Å². The Hall–Kier alpha value is -1.62. The van der Waals surface area contributed by atoms with Gasteiger partial charge >= 0.3 is 6.03 Å². The van der Waals surface area contributed by atoms with Crippen LogP contribution < -0.4 is 4.90 Å². The molecule has 1 saturated carbocycles. The monoisotopic (exact) mass is 249 g/mol. The highest BCUT2D eigenvalue weighted by Gasteiger charge is 2.39. The van der Waals surface area contributed by atoms with Crippen molar-refractivity contribution in [3.63, 3.8) is 0 Å². The Bertz CT molecular complexity index is 475. The Morgan fingerprint density at radius 2 is 1.94 bits per heavy atom. The van der Waals surface area contributed by atoms with Crippen LogP contribution >= 0.6 is 0 Å². The van der Waals surface area contributed by atoms with Gasteiger partial charge in [0.2, 0.25) is 0 Å². The Labute approximate surface area is 106 Å². The number of amides is 2. The van der Waals surface area contributed by atoms with E-state index in [1.54, 1.807) is 18.2 Å². The molecule has 2 fully saturated rings. The van der Waals surface area contributed by atoms with Gasteiger partial charge in [0.15, 0.2) is 0 Å². The number of nitrogens with zero attached hydrogens (tertiary/aromatic N) is 3. The van der Waals surface area contributed by atoms with Crippen LogP contribution in [0.25, 0.3) is 0 Å². The second kappa shape index (κ2) is 4.24. The first-order valence-electron chi connectivity index (χ1n) is 6.18. The summed E-state index contributed by atoms with van der Waals surface area (Å²) >= 11 is 0. The predicted octanol–water partition coefficient (Wildman–Crippen LogP) is 2.08. The molecule has 2 aliphatic rings. The number of benzene rings is 1. The summed E-state index contributed by atoms with van der Waals surface area (Å²) in [6, 6.07) is 6.68. The fraction of sp³-hybridized carbons (Fsp3) is 0.462. The summed E-state index contributed by atoms with van der Waals surface area (Å²) in [7, 11) is 1.94. The zero-order valence-corrected chi connectivity index (χ0v) is 10.3. The number of carbonyl (C=O) groups is 1. The van der Waals surface area contributed by atoms with Gasteiger partial charge in [0.25, 0.3) is 0 Å². The molecule has 1 aliphatic carbocycles. The highest BCUT2D eigenvalue weighted by Crippen LogP contribution is 2.31. The summed E-state index contributed by atoms with van der Waals surface area (Å²) in [5.41, 5.74) is 0.361. The first-order valence-corrected chi connectivity index (χ1v) is 6.18. The molecule has 5 heteroatoms. The fourth-order valence-electron chi connectivity index (χ4n) is 2.33. The van der Waals surface area contributed by atoms with Crippen molar-refractivity contribution in [3.05, 3.63) is 30.1 Å². The fourth-order valence-corrected chi connectivity index (χ4v) is 2.33. The van der Waals surface area contributed by atoms with E-state index in [1.807, 2.05) is 16.8 Å². The van der Waals surface area contributed by atoms with Gasteiger partial charge in [0.05, 0.1) is 19.0 Å². The Morgan fingerprint density at radius 1 is 1.22 bits per heavy atom. The minimum atomic E-state index is -0.350. The lowest BCUT2D eigenvalue weighted by atomic mass is 10.2. The van der Waals surface area contributed by atoms with Gasteiger partial charge in [-0.1, -0.05) is 12.1 Å². The Kier molecular flexibility index (Phi) is 2.70.